The third-order valence-electron chi connectivity index (χ3n) is 2.78. The largest absolute Gasteiger partial charge is 0.383 e. The van der Waals surface area contributed by atoms with E-state index in [4.69, 9.17) is 5.73 Å². The van der Waals surface area contributed by atoms with Crippen LogP contribution < -0.4 is 5.73 Å². The minimum Gasteiger partial charge on any atom is -0.383 e. The van der Waals surface area contributed by atoms with E-state index in [1.807, 2.05) is 32.0 Å². The van der Waals surface area contributed by atoms with Gasteiger partial charge >= 0.3 is 0 Å². The second-order valence-electron chi connectivity index (χ2n) is 4.00. The normalized spacial score (nSPS) is 10.5. The molecule has 0 aliphatic heterocycles. The molecular weight excluding hydrogens is 278 g/mol. The van der Waals surface area contributed by atoms with Gasteiger partial charge in [0.25, 0.3) is 0 Å². The summed E-state index contributed by atoms with van der Waals surface area (Å²) in [6.07, 6.45) is 0.687. The Bertz CT molecular complexity index is 529. The quantitative estimate of drug-likeness (QED) is 0.925. The van der Waals surface area contributed by atoms with Crippen LogP contribution in [0.1, 0.15) is 22.6 Å². The molecule has 17 heavy (non-hydrogen) atoms. The van der Waals surface area contributed by atoms with Crippen LogP contribution in [0.15, 0.2) is 28.7 Å². The summed E-state index contributed by atoms with van der Waals surface area (Å²) in [4.78, 5) is 8.77. The molecule has 0 spiro atoms. The Kier molecular flexibility index (Phi) is 3.43. The molecule has 0 aliphatic carbocycles. The van der Waals surface area contributed by atoms with E-state index in [9.17, 15) is 0 Å². The number of nitrogens with zero attached hydrogens (tertiary/aromatic N) is 2. The molecule has 0 saturated carbocycles. The Morgan fingerprint density at radius 2 is 1.88 bits per heavy atom. The number of benzene rings is 1. The van der Waals surface area contributed by atoms with E-state index in [0.717, 1.165) is 27.1 Å². The van der Waals surface area contributed by atoms with Gasteiger partial charge in [0.1, 0.15) is 11.6 Å². The van der Waals surface area contributed by atoms with Crippen LogP contribution in [0, 0.1) is 13.8 Å². The number of nitrogens with two attached hydrogens (primary N) is 1. The first-order chi connectivity index (χ1) is 8.08. The highest BCUT2D eigenvalue weighted by Gasteiger charge is 2.07. The van der Waals surface area contributed by atoms with Crippen molar-refractivity contribution in [3.63, 3.8) is 0 Å². The fraction of sp³-hybridized carbons (Fsp3) is 0.231. The van der Waals surface area contributed by atoms with Crippen LogP contribution >= 0.6 is 15.9 Å². The number of hydrogen-bond donors (Lipinski definition) is 1. The number of aryl methyl sites for hydroxylation is 1. The summed E-state index contributed by atoms with van der Waals surface area (Å²) in [5.41, 5.74) is 8.92. The molecule has 0 bridgehead atoms. The first kappa shape index (κ1) is 12.0. The maximum absolute atomic E-state index is 5.85. The topological polar surface area (TPSA) is 51.8 Å². The summed E-state index contributed by atoms with van der Waals surface area (Å²) in [5, 5.41) is 0. The van der Waals surface area contributed by atoms with E-state index in [2.05, 4.69) is 32.0 Å². The lowest BCUT2D eigenvalue weighted by molar-refractivity contribution is 0.931. The molecule has 0 aliphatic rings. The molecule has 0 amide bonds. The minimum absolute atomic E-state index is 0.569. The highest BCUT2D eigenvalue weighted by atomic mass is 79.9. The van der Waals surface area contributed by atoms with Crippen molar-refractivity contribution in [3.05, 3.63) is 51.4 Å². The van der Waals surface area contributed by atoms with E-state index in [1.165, 1.54) is 0 Å². The van der Waals surface area contributed by atoms with Crippen molar-refractivity contribution in [3.8, 4) is 0 Å². The minimum atomic E-state index is 0.569. The Morgan fingerprint density at radius 3 is 2.53 bits per heavy atom. The molecule has 3 nitrogen and oxygen atoms in total. The van der Waals surface area contributed by atoms with E-state index in [1.54, 1.807) is 0 Å². The molecule has 2 aromatic rings. The molecule has 4 heteroatoms. The Morgan fingerprint density at radius 1 is 1.18 bits per heavy atom. The highest BCUT2D eigenvalue weighted by molar-refractivity contribution is 9.10. The van der Waals surface area contributed by atoms with Crippen molar-refractivity contribution >= 4 is 21.7 Å². The predicted molar refractivity (Wildman–Crippen MR) is 72.9 cm³/mol. The zero-order chi connectivity index (χ0) is 12.4. The molecule has 1 aromatic heterocycles. The van der Waals surface area contributed by atoms with Gasteiger partial charge in [0.15, 0.2) is 0 Å². The molecular formula is C13H14BrN3. The molecule has 2 N–H and O–H groups in total. The van der Waals surface area contributed by atoms with Crippen LogP contribution in [-0.2, 0) is 6.42 Å². The van der Waals surface area contributed by atoms with Gasteiger partial charge in [0.05, 0.1) is 0 Å². The zero-order valence-corrected chi connectivity index (χ0v) is 11.5. The molecule has 2 rings (SSSR count). The van der Waals surface area contributed by atoms with Gasteiger partial charge in [0, 0.05) is 22.2 Å². The monoisotopic (exact) mass is 291 g/mol. The van der Waals surface area contributed by atoms with E-state index in [0.29, 0.717) is 12.2 Å². The Labute approximate surface area is 109 Å². The standard InChI is InChI=1S/C13H14BrN3/c1-8-9(2)16-12(17-13(8)15)7-10-5-3-4-6-11(10)14/h3-6H,7H2,1-2H3,(H2,15,16,17). The van der Waals surface area contributed by atoms with Crippen LogP contribution in [-0.4, -0.2) is 9.97 Å². The molecule has 0 radical (unpaired) electrons. The van der Waals surface area contributed by atoms with Crippen LogP contribution in [0.5, 0.6) is 0 Å². The fourth-order valence-electron chi connectivity index (χ4n) is 1.60. The van der Waals surface area contributed by atoms with Gasteiger partial charge in [0.2, 0.25) is 0 Å². The lowest BCUT2D eigenvalue weighted by Crippen LogP contribution is -2.05. The summed E-state index contributed by atoms with van der Waals surface area (Å²) in [6.45, 7) is 3.89. The van der Waals surface area contributed by atoms with Crippen LogP contribution in [0.4, 0.5) is 5.82 Å². The highest BCUT2D eigenvalue weighted by Crippen LogP contribution is 2.19. The third kappa shape index (κ3) is 2.64. The van der Waals surface area contributed by atoms with Gasteiger partial charge in [-0.3, -0.25) is 0 Å². The second kappa shape index (κ2) is 4.84. The van der Waals surface area contributed by atoms with E-state index in [-0.39, 0.29) is 0 Å². The molecule has 0 atom stereocenters. The third-order valence-corrected chi connectivity index (χ3v) is 3.55. The summed E-state index contributed by atoms with van der Waals surface area (Å²) in [5.74, 6) is 1.33. The molecule has 0 fully saturated rings. The number of anilines is 1. The summed E-state index contributed by atoms with van der Waals surface area (Å²) < 4.78 is 1.07. The predicted octanol–water partition coefficient (Wildman–Crippen LogP) is 3.03. The molecule has 1 heterocycles. The van der Waals surface area contributed by atoms with Crippen LogP contribution in [0.25, 0.3) is 0 Å². The first-order valence-electron chi connectivity index (χ1n) is 5.41. The van der Waals surface area contributed by atoms with Gasteiger partial charge in [-0.15, -0.1) is 0 Å². The smallest absolute Gasteiger partial charge is 0.135 e. The summed E-state index contributed by atoms with van der Waals surface area (Å²) >= 11 is 3.52. The number of aromatic nitrogens is 2. The number of rotatable bonds is 2. The van der Waals surface area contributed by atoms with Crippen molar-refractivity contribution in [2.45, 2.75) is 20.3 Å². The van der Waals surface area contributed by atoms with Crippen molar-refractivity contribution in [1.29, 1.82) is 0 Å². The van der Waals surface area contributed by atoms with Crippen LogP contribution in [0.3, 0.4) is 0 Å². The van der Waals surface area contributed by atoms with Gasteiger partial charge in [-0.05, 0) is 25.5 Å². The number of hydrogen-bond acceptors (Lipinski definition) is 3. The lowest BCUT2D eigenvalue weighted by atomic mass is 10.1. The van der Waals surface area contributed by atoms with Crippen molar-refractivity contribution in [1.82, 2.24) is 9.97 Å². The van der Waals surface area contributed by atoms with Crippen LogP contribution in [0.2, 0.25) is 0 Å². The van der Waals surface area contributed by atoms with Gasteiger partial charge in [-0.1, -0.05) is 34.1 Å². The van der Waals surface area contributed by atoms with Crippen molar-refractivity contribution in [2.75, 3.05) is 5.73 Å². The summed E-state index contributed by atoms with van der Waals surface area (Å²) in [6, 6.07) is 8.06. The van der Waals surface area contributed by atoms with Crippen molar-refractivity contribution in [2.24, 2.45) is 0 Å². The zero-order valence-electron chi connectivity index (χ0n) is 9.87. The second-order valence-corrected chi connectivity index (χ2v) is 4.86. The Hall–Kier alpha value is -1.42. The SMILES string of the molecule is Cc1nc(Cc2ccccc2Br)nc(N)c1C. The van der Waals surface area contributed by atoms with Crippen molar-refractivity contribution < 1.29 is 0 Å². The van der Waals surface area contributed by atoms with Gasteiger partial charge < -0.3 is 5.73 Å². The fourth-order valence-corrected chi connectivity index (χ4v) is 2.03. The first-order valence-corrected chi connectivity index (χ1v) is 6.20. The number of halogens is 1. The molecule has 1 aromatic carbocycles. The maximum atomic E-state index is 5.85. The van der Waals surface area contributed by atoms with E-state index < -0.39 is 0 Å². The average Bonchev–Trinajstić information content (AvgIpc) is 2.29. The van der Waals surface area contributed by atoms with Gasteiger partial charge in [-0.25, -0.2) is 9.97 Å². The van der Waals surface area contributed by atoms with E-state index >= 15 is 0 Å². The number of nitrogen functional groups attached to an aromatic ring is 1. The average molecular weight is 292 g/mol. The Balaban J connectivity index is 2.34. The summed E-state index contributed by atoms with van der Waals surface area (Å²) in [7, 11) is 0. The lowest BCUT2D eigenvalue weighted by Gasteiger charge is -2.07. The molecule has 0 saturated heterocycles. The van der Waals surface area contributed by atoms with Gasteiger partial charge in [-0.2, -0.15) is 0 Å². The maximum Gasteiger partial charge on any atom is 0.135 e. The molecule has 0 unspecified atom stereocenters. The molecule has 88 valence electrons.